The first-order valence-corrected chi connectivity index (χ1v) is 10.8. The summed E-state index contributed by atoms with van der Waals surface area (Å²) in [6, 6.07) is 24.7. The Morgan fingerprint density at radius 2 is 1.64 bits per heavy atom. The molecule has 0 atom stereocenters. The Morgan fingerprint density at radius 1 is 0.909 bits per heavy atom. The fourth-order valence-electron chi connectivity index (χ4n) is 4.73. The number of rotatable bonds is 3. The van der Waals surface area contributed by atoms with Crippen LogP contribution in [0.5, 0.6) is 0 Å². The molecule has 0 aliphatic carbocycles. The van der Waals surface area contributed by atoms with Gasteiger partial charge in [0.2, 0.25) is 0 Å². The number of aryl methyl sites for hydroxylation is 3. The second kappa shape index (κ2) is 7.87. The largest absolute Gasteiger partial charge is 0.312 e. The van der Waals surface area contributed by atoms with Crippen LogP contribution >= 0.6 is 0 Å². The van der Waals surface area contributed by atoms with E-state index in [1.165, 1.54) is 33.5 Å². The van der Waals surface area contributed by atoms with Crippen molar-refractivity contribution < 1.29 is 20.1 Å². The molecule has 2 aromatic carbocycles. The summed E-state index contributed by atoms with van der Waals surface area (Å²) in [5.41, 5.74) is 10.2. The third-order valence-corrected chi connectivity index (χ3v) is 6.38. The van der Waals surface area contributed by atoms with Crippen molar-refractivity contribution in [2.24, 2.45) is 0 Å². The maximum atomic E-state index is 5.02. The van der Waals surface area contributed by atoms with E-state index < -0.39 is 0 Å². The minimum absolute atomic E-state index is 0. The fourth-order valence-corrected chi connectivity index (χ4v) is 4.73. The summed E-state index contributed by atoms with van der Waals surface area (Å²) in [4.78, 5) is 0. The van der Waals surface area contributed by atoms with Gasteiger partial charge in [-0.05, 0) is 54.3 Å². The van der Waals surface area contributed by atoms with Gasteiger partial charge in [0.1, 0.15) is 5.65 Å². The first-order valence-electron chi connectivity index (χ1n) is 10.8. The molecule has 6 aromatic rings. The predicted molar refractivity (Wildman–Crippen MR) is 132 cm³/mol. The summed E-state index contributed by atoms with van der Waals surface area (Å²) >= 11 is 0. The second-order valence-electron chi connectivity index (χ2n) is 8.42. The summed E-state index contributed by atoms with van der Waals surface area (Å²) in [6.45, 7) is 10.2. The van der Waals surface area contributed by atoms with Gasteiger partial charge in [-0.15, -0.1) is 10.7 Å². The third kappa shape index (κ3) is 3.19. The molecule has 0 aliphatic heterocycles. The molecule has 4 heterocycles. The Balaban J connectivity index is 0.00000228. The van der Waals surface area contributed by atoms with E-state index in [9.17, 15) is 0 Å². The van der Waals surface area contributed by atoms with Crippen LogP contribution in [0.25, 0.3) is 45.1 Å². The summed E-state index contributed by atoms with van der Waals surface area (Å²) in [7, 11) is 0. The monoisotopic (exact) mass is 608 g/mol. The topological polar surface area (TPSA) is 26.6 Å². The van der Waals surface area contributed by atoms with E-state index in [0.717, 1.165) is 28.1 Å². The number of nitrogens with zero attached hydrogens (tertiary/aromatic N) is 4. The number of hydrogen-bond acceptors (Lipinski definition) is 1. The van der Waals surface area contributed by atoms with Crippen LogP contribution in [0.2, 0.25) is 0 Å². The second-order valence-corrected chi connectivity index (χ2v) is 8.42. The van der Waals surface area contributed by atoms with E-state index in [0.29, 0.717) is 0 Å². The van der Waals surface area contributed by atoms with Crippen molar-refractivity contribution >= 4 is 28.1 Å². The van der Waals surface area contributed by atoms with Crippen LogP contribution in [-0.4, -0.2) is 18.6 Å². The van der Waals surface area contributed by atoms with Crippen molar-refractivity contribution in [2.45, 2.75) is 20.8 Å². The van der Waals surface area contributed by atoms with Gasteiger partial charge in [-0.3, -0.25) is 0 Å². The molecule has 0 saturated carbocycles. The molecule has 5 heteroatoms. The average Bonchev–Trinajstić information content (AvgIpc) is 3.50. The number of fused-ring (bicyclic) bond motifs is 6. The molecule has 0 fully saturated rings. The van der Waals surface area contributed by atoms with E-state index in [2.05, 4.69) is 103 Å². The van der Waals surface area contributed by atoms with Crippen LogP contribution in [0.15, 0.2) is 73.4 Å². The Hall–Kier alpha value is -3.40. The summed E-state index contributed by atoms with van der Waals surface area (Å²) in [5.74, 6) is 0.916. The van der Waals surface area contributed by atoms with Crippen molar-refractivity contribution in [3.63, 3.8) is 0 Å². The van der Waals surface area contributed by atoms with E-state index >= 15 is 0 Å². The Bertz CT molecular complexity index is 1640. The molecule has 0 spiro atoms. The number of benzene rings is 2. The number of hydrogen-bond donors (Lipinski definition) is 0. The number of aromatic nitrogens is 4. The molecule has 4 aromatic heterocycles. The normalized spacial score (nSPS) is 11.4. The maximum absolute atomic E-state index is 5.02. The zero-order valence-corrected chi connectivity index (χ0v) is 21.2. The van der Waals surface area contributed by atoms with Crippen molar-refractivity contribution in [1.82, 2.24) is 18.6 Å². The molecule has 6 rings (SSSR count). The summed E-state index contributed by atoms with van der Waals surface area (Å²) < 4.78 is 6.47. The molecule has 33 heavy (non-hydrogen) atoms. The van der Waals surface area contributed by atoms with E-state index in [4.69, 9.17) is 5.10 Å². The van der Waals surface area contributed by atoms with Gasteiger partial charge in [-0.2, -0.15) is 18.2 Å². The zero-order chi connectivity index (χ0) is 22.0. The van der Waals surface area contributed by atoms with Crippen LogP contribution in [0.3, 0.4) is 0 Å². The van der Waals surface area contributed by atoms with Gasteiger partial charge in [0.15, 0.2) is 5.82 Å². The van der Waals surface area contributed by atoms with Crippen molar-refractivity contribution in [3.05, 3.63) is 102 Å². The van der Waals surface area contributed by atoms with Gasteiger partial charge in [-0.25, -0.2) is 4.52 Å². The molecule has 4 nitrogen and oxygen atoms in total. The maximum Gasteiger partial charge on any atom is 0.161 e. The first-order chi connectivity index (χ1) is 15.5. The van der Waals surface area contributed by atoms with Crippen LogP contribution in [-0.2, 0) is 20.1 Å². The molecule has 0 saturated heterocycles. The SMILES string of the molecule is C=Cc1ccc(-c2cc3c4c(C)cc[c-]c4n4nc(-n5c(C)ccc5C)cc4n3c2)cc1.[Ir]. The molecule has 165 valence electrons. The smallest absolute Gasteiger partial charge is 0.161 e. The Morgan fingerprint density at radius 3 is 2.33 bits per heavy atom. The van der Waals surface area contributed by atoms with E-state index in [-0.39, 0.29) is 20.1 Å². The molecule has 0 bridgehead atoms. The van der Waals surface area contributed by atoms with Crippen LogP contribution in [0, 0.1) is 26.8 Å². The quantitative estimate of drug-likeness (QED) is 0.209. The molecular weight excluding hydrogens is 585 g/mol. The molecular formula is C28H23IrN4-. The molecule has 0 N–H and O–H groups in total. The van der Waals surface area contributed by atoms with Crippen molar-refractivity contribution in [3.8, 4) is 16.9 Å². The van der Waals surface area contributed by atoms with E-state index in [1.54, 1.807) is 0 Å². The molecule has 0 amide bonds. The summed E-state index contributed by atoms with van der Waals surface area (Å²) in [5, 5.41) is 6.19. The Labute approximate surface area is 206 Å². The standard InChI is InChI=1S/C28H23N4.Ir/c1-5-21-11-13-22(14-12-21)23-15-25-28-18(2)7-6-8-24(28)32-27(30(25)17-23)16-26(29-32)31-19(3)9-10-20(31)4;/h5-7,9-17H,1H2,2-4H3;/q-1;. The van der Waals surface area contributed by atoms with Crippen molar-refractivity contribution in [1.29, 1.82) is 0 Å². The first kappa shape index (κ1) is 21.4. The van der Waals surface area contributed by atoms with Gasteiger partial charge >= 0.3 is 0 Å². The average molecular weight is 608 g/mol. The Kier molecular flexibility index (Phi) is 5.12. The molecule has 0 unspecified atom stereocenters. The molecule has 1 radical (unpaired) electrons. The fraction of sp³-hybridized carbons (Fsp3) is 0.107. The molecule has 0 aliphatic rings. The predicted octanol–water partition coefficient (Wildman–Crippen LogP) is 6.56. The summed E-state index contributed by atoms with van der Waals surface area (Å²) in [6.07, 6.45) is 4.08. The van der Waals surface area contributed by atoms with Crippen LogP contribution in [0.1, 0.15) is 22.5 Å². The van der Waals surface area contributed by atoms with Crippen molar-refractivity contribution in [2.75, 3.05) is 0 Å². The van der Waals surface area contributed by atoms with Gasteiger partial charge in [0, 0.05) is 49.3 Å². The third-order valence-electron chi connectivity index (χ3n) is 6.38. The van der Waals surface area contributed by atoms with Gasteiger partial charge in [0.25, 0.3) is 0 Å². The van der Waals surface area contributed by atoms with Gasteiger partial charge in [0.05, 0.1) is 0 Å². The van der Waals surface area contributed by atoms with Gasteiger partial charge in [-0.1, -0.05) is 49.2 Å². The van der Waals surface area contributed by atoms with E-state index in [1.807, 2.05) is 16.7 Å². The minimum Gasteiger partial charge on any atom is -0.312 e. The minimum atomic E-state index is 0. The van der Waals surface area contributed by atoms with Crippen LogP contribution in [0.4, 0.5) is 0 Å². The van der Waals surface area contributed by atoms with Crippen LogP contribution < -0.4 is 0 Å². The van der Waals surface area contributed by atoms with Gasteiger partial charge < -0.3 is 8.97 Å². The zero-order valence-electron chi connectivity index (χ0n) is 18.8.